The highest BCUT2D eigenvalue weighted by Gasteiger charge is 2.08. The first kappa shape index (κ1) is 11.9. The van der Waals surface area contributed by atoms with Gasteiger partial charge in [-0.25, -0.2) is 0 Å². The van der Waals surface area contributed by atoms with Crippen LogP contribution in [-0.4, -0.2) is 16.3 Å². The van der Waals surface area contributed by atoms with E-state index < -0.39 is 0 Å². The first-order valence-corrected chi connectivity index (χ1v) is 5.92. The van der Waals surface area contributed by atoms with Gasteiger partial charge in [0.1, 0.15) is 11.5 Å². The Morgan fingerprint density at radius 3 is 2.88 bits per heavy atom. The maximum Gasteiger partial charge on any atom is 0.120 e. The standard InChI is InChI=1S/C13H19N3O/c1-10-4-5-13(17-10)11(2)14-7-6-12-8-15-16(3)9-12/h4-5,8-9,11,14H,6-7H2,1-3H3. The summed E-state index contributed by atoms with van der Waals surface area (Å²) in [4.78, 5) is 0. The smallest absolute Gasteiger partial charge is 0.120 e. The van der Waals surface area contributed by atoms with Crippen LogP contribution < -0.4 is 5.32 Å². The molecule has 0 saturated carbocycles. The monoisotopic (exact) mass is 233 g/mol. The van der Waals surface area contributed by atoms with Crippen LogP contribution in [0.4, 0.5) is 0 Å². The summed E-state index contributed by atoms with van der Waals surface area (Å²) in [5.41, 5.74) is 1.25. The highest BCUT2D eigenvalue weighted by molar-refractivity contribution is 5.09. The topological polar surface area (TPSA) is 43.0 Å². The lowest BCUT2D eigenvalue weighted by Gasteiger charge is -2.10. The van der Waals surface area contributed by atoms with Gasteiger partial charge in [-0.1, -0.05) is 0 Å². The summed E-state index contributed by atoms with van der Waals surface area (Å²) >= 11 is 0. The van der Waals surface area contributed by atoms with Crippen LogP contribution in [0, 0.1) is 6.92 Å². The molecule has 0 aliphatic carbocycles. The van der Waals surface area contributed by atoms with E-state index in [4.69, 9.17) is 4.42 Å². The molecular formula is C13H19N3O. The number of nitrogens with zero attached hydrogens (tertiary/aromatic N) is 2. The molecule has 0 amide bonds. The molecule has 0 spiro atoms. The van der Waals surface area contributed by atoms with Gasteiger partial charge in [-0.05, 0) is 44.5 Å². The number of hydrogen-bond acceptors (Lipinski definition) is 3. The van der Waals surface area contributed by atoms with E-state index in [9.17, 15) is 0 Å². The normalized spacial score (nSPS) is 12.9. The zero-order chi connectivity index (χ0) is 12.3. The number of nitrogens with one attached hydrogen (secondary N) is 1. The van der Waals surface area contributed by atoms with Crippen molar-refractivity contribution in [3.8, 4) is 0 Å². The molecule has 0 fully saturated rings. The summed E-state index contributed by atoms with van der Waals surface area (Å²) in [7, 11) is 1.94. The molecule has 17 heavy (non-hydrogen) atoms. The quantitative estimate of drug-likeness (QED) is 0.861. The maximum absolute atomic E-state index is 5.57. The summed E-state index contributed by atoms with van der Waals surface area (Å²) in [5.74, 6) is 1.95. The fourth-order valence-electron chi connectivity index (χ4n) is 1.82. The highest BCUT2D eigenvalue weighted by Crippen LogP contribution is 2.15. The molecule has 0 saturated heterocycles. The number of hydrogen-bond donors (Lipinski definition) is 1. The first-order valence-electron chi connectivity index (χ1n) is 5.92. The zero-order valence-corrected chi connectivity index (χ0v) is 10.6. The van der Waals surface area contributed by atoms with Crippen molar-refractivity contribution >= 4 is 0 Å². The van der Waals surface area contributed by atoms with Gasteiger partial charge in [-0.2, -0.15) is 5.10 Å². The highest BCUT2D eigenvalue weighted by atomic mass is 16.3. The van der Waals surface area contributed by atoms with Crippen LogP contribution in [0.5, 0.6) is 0 Å². The molecule has 2 aromatic rings. The third-order valence-corrected chi connectivity index (χ3v) is 2.81. The molecule has 0 bridgehead atoms. The van der Waals surface area contributed by atoms with Crippen molar-refractivity contribution in [2.75, 3.05) is 6.54 Å². The lowest BCUT2D eigenvalue weighted by atomic mass is 10.2. The van der Waals surface area contributed by atoms with E-state index >= 15 is 0 Å². The maximum atomic E-state index is 5.57. The SMILES string of the molecule is Cc1ccc(C(C)NCCc2cnn(C)c2)o1. The zero-order valence-electron chi connectivity index (χ0n) is 10.6. The van der Waals surface area contributed by atoms with Gasteiger partial charge in [0.2, 0.25) is 0 Å². The number of aromatic nitrogens is 2. The van der Waals surface area contributed by atoms with Gasteiger partial charge in [0.05, 0.1) is 12.2 Å². The average Bonchev–Trinajstić information content (AvgIpc) is 2.88. The average molecular weight is 233 g/mol. The second-order valence-corrected chi connectivity index (χ2v) is 4.40. The van der Waals surface area contributed by atoms with Gasteiger partial charge >= 0.3 is 0 Å². The van der Waals surface area contributed by atoms with Crippen molar-refractivity contribution in [1.82, 2.24) is 15.1 Å². The summed E-state index contributed by atoms with van der Waals surface area (Å²) in [6, 6.07) is 4.27. The van der Waals surface area contributed by atoms with E-state index in [0.717, 1.165) is 24.5 Å². The minimum absolute atomic E-state index is 0.250. The van der Waals surface area contributed by atoms with E-state index in [2.05, 4.69) is 17.3 Å². The Hall–Kier alpha value is -1.55. The Kier molecular flexibility index (Phi) is 3.64. The van der Waals surface area contributed by atoms with Crippen LogP contribution in [-0.2, 0) is 13.5 Å². The van der Waals surface area contributed by atoms with Crippen LogP contribution in [0.25, 0.3) is 0 Å². The minimum Gasteiger partial charge on any atom is -0.465 e. The molecule has 1 unspecified atom stereocenters. The van der Waals surface area contributed by atoms with Crippen LogP contribution in [0.15, 0.2) is 28.9 Å². The molecule has 2 aromatic heterocycles. The van der Waals surface area contributed by atoms with Crippen LogP contribution in [0.3, 0.4) is 0 Å². The van der Waals surface area contributed by atoms with E-state index in [0.29, 0.717) is 0 Å². The molecular weight excluding hydrogens is 214 g/mol. The molecule has 1 N–H and O–H groups in total. The third-order valence-electron chi connectivity index (χ3n) is 2.81. The Balaban J connectivity index is 1.78. The Labute approximate surface area is 102 Å². The van der Waals surface area contributed by atoms with E-state index in [1.54, 1.807) is 0 Å². The number of furan rings is 1. The van der Waals surface area contributed by atoms with Gasteiger partial charge in [0.15, 0.2) is 0 Å². The molecule has 4 nitrogen and oxygen atoms in total. The second-order valence-electron chi connectivity index (χ2n) is 4.40. The van der Waals surface area contributed by atoms with E-state index in [-0.39, 0.29) is 6.04 Å². The Bertz CT molecular complexity index is 472. The minimum atomic E-state index is 0.250. The Morgan fingerprint density at radius 1 is 1.47 bits per heavy atom. The first-order chi connectivity index (χ1) is 8.15. The van der Waals surface area contributed by atoms with Gasteiger partial charge in [0, 0.05) is 13.2 Å². The second kappa shape index (κ2) is 5.19. The van der Waals surface area contributed by atoms with E-state index in [1.807, 2.05) is 43.2 Å². The lowest BCUT2D eigenvalue weighted by molar-refractivity contribution is 0.418. The molecule has 2 rings (SSSR count). The fraction of sp³-hybridized carbons (Fsp3) is 0.462. The molecule has 92 valence electrons. The summed E-state index contributed by atoms with van der Waals surface area (Å²) < 4.78 is 7.40. The number of aryl methyl sites for hydroxylation is 2. The van der Waals surface area contributed by atoms with Crippen molar-refractivity contribution in [3.63, 3.8) is 0 Å². The molecule has 0 radical (unpaired) electrons. The van der Waals surface area contributed by atoms with Gasteiger partial charge < -0.3 is 9.73 Å². The van der Waals surface area contributed by atoms with Crippen molar-refractivity contribution < 1.29 is 4.42 Å². The van der Waals surface area contributed by atoms with Crippen molar-refractivity contribution in [1.29, 1.82) is 0 Å². The largest absolute Gasteiger partial charge is 0.465 e. The predicted molar refractivity (Wildman–Crippen MR) is 66.8 cm³/mol. The van der Waals surface area contributed by atoms with Gasteiger partial charge in [-0.3, -0.25) is 4.68 Å². The van der Waals surface area contributed by atoms with Crippen molar-refractivity contribution in [2.45, 2.75) is 26.3 Å². The molecule has 0 aliphatic heterocycles. The van der Waals surface area contributed by atoms with E-state index in [1.165, 1.54) is 5.56 Å². The summed E-state index contributed by atoms with van der Waals surface area (Å²) in [6.07, 6.45) is 4.94. The molecule has 1 atom stereocenters. The summed E-state index contributed by atoms with van der Waals surface area (Å²) in [5, 5.41) is 7.59. The van der Waals surface area contributed by atoms with Crippen molar-refractivity contribution in [2.24, 2.45) is 7.05 Å². The van der Waals surface area contributed by atoms with Gasteiger partial charge in [-0.15, -0.1) is 0 Å². The molecule has 4 heteroatoms. The van der Waals surface area contributed by atoms with Gasteiger partial charge in [0.25, 0.3) is 0 Å². The summed E-state index contributed by atoms with van der Waals surface area (Å²) in [6.45, 7) is 5.00. The fourth-order valence-corrected chi connectivity index (χ4v) is 1.82. The van der Waals surface area contributed by atoms with Crippen molar-refractivity contribution in [3.05, 3.63) is 41.6 Å². The molecule has 0 aliphatic rings. The molecule has 2 heterocycles. The van der Waals surface area contributed by atoms with Crippen LogP contribution in [0.1, 0.15) is 30.0 Å². The third kappa shape index (κ3) is 3.20. The predicted octanol–water partition coefficient (Wildman–Crippen LogP) is 2.21. The van der Waals surface area contributed by atoms with Crippen LogP contribution >= 0.6 is 0 Å². The lowest BCUT2D eigenvalue weighted by Crippen LogP contribution is -2.20. The number of rotatable bonds is 5. The Morgan fingerprint density at radius 2 is 2.29 bits per heavy atom. The molecule has 0 aromatic carbocycles. The van der Waals surface area contributed by atoms with Crippen LogP contribution in [0.2, 0.25) is 0 Å².